The molecule has 1 amide bonds. The minimum Gasteiger partial charge on any atom is -0.496 e. The molecule has 4 nitrogen and oxygen atoms in total. The van der Waals surface area contributed by atoms with Crippen LogP contribution >= 0.6 is 0 Å². The van der Waals surface area contributed by atoms with E-state index in [4.69, 9.17) is 4.74 Å². The number of amides is 1. The van der Waals surface area contributed by atoms with Gasteiger partial charge in [-0.2, -0.15) is 0 Å². The number of ether oxygens (including phenoxy) is 1. The Kier molecular flexibility index (Phi) is 6.91. The van der Waals surface area contributed by atoms with Gasteiger partial charge in [-0.1, -0.05) is 53.6 Å². The predicted octanol–water partition coefficient (Wildman–Crippen LogP) is 5.62. The summed E-state index contributed by atoms with van der Waals surface area (Å²) in [5, 5.41) is 0. The molecular formula is C28H32N2O2. The first-order valence-corrected chi connectivity index (χ1v) is 11.4. The molecule has 32 heavy (non-hydrogen) atoms. The second-order valence-electron chi connectivity index (χ2n) is 8.70. The van der Waals surface area contributed by atoms with Crippen molar-refractivity contribution in [1.29, 1.82) is 0 Å². The van der Waals surface area contributed by atoms with E-state index in [2.05, 4.69) is 48.2 Å². The number of piperidine rings is 1. The van der Waals surface area contributed by atoms with Gasteiger partial charge in [0.25, 0.3) is 5.91 Å². The molecule has 0 unspecified atom stereocenters. The molecule has 1 fully saturated rings. The van der Waals surface area contributed by atoms with Crippen molar-refractivity contribution in [1.82, 2.24) is 4.90 Å². The molecule has 4 rings (SSSR count). The van der Waals surface area contributed by atoms with Gasteiger partial charge < -0.3 is 9.64 Å². The Bertz CT molecular complexity index is 1040. The lowest BCUT2D eigenvalue weighted by Gasteiger charge is -2.39. The summed E-state index contributed by atoms with van der Waals surface area (Å²) in [5.74, 6) is 1.02. The fourth-order valence-electron chi connectivity index (χ4n) is 4.44. The van der Waals surface area contributed by atoms with E-state index in [1.54, 1.807) is 7.11 Å². The molecule has 0 saturated carbocycles. The lowest BCUT2D eigenvalue weighted by Crippen LogP contribution is -2.47. The third-order valence-electron chi connectivity index (χ3n) is 6.34. The van der Waals surface area contributed by atoms with E-state index in [1.807, 2.05) is 48.2 Å². The van der Waals surface area contributed by atoms with Gasteiger partial charge in [-0.05, 0) is 57.0 Å². The Hall–Kier alpha value is -3.11. The molecule has 4 heteroatoms. The molecule has 1 aliphatic heterocycles. The Morgan fingerprint density at radius 1 is 0.906 bits per heavy atom. The lowest BCUT2D eigenvalue weighted by molar-refractivity contribution is 0.0958. The van der Waals surface area contributed by atoms with E-state index in [9.17, 15) is 4.79 Å². The number of anilines is 1. The molecule has 1 saturated heterocycles. The minimum absolute atomic E-state index is 0.0806. The summed E-state index contributed by atoms with van der Waals surface area (Å²) in [4.78, 5) is 18.1. The summed E-state index contributed by atoms with van der Waals surface area (Å²) >= 11 is 0. The lowest BCUT2D eigenvalue weighted by atomic mass is 9.99. The maximum Gasteiger partial charge on any atom is 0.258 e. The van der Waals surface area contributed by atoms with E-state index in [1.165, 1.54) is 11.1 Å². The summed E-state index contributed by atoms with van der Waals surface area (Å²) in [6.45, 7) is 6.89. The predicted molar refractivity (Wildman–Crippen MR) is 130 cm³/mol. The Morgan fingerprint density at radius 3 is 2.12 bits per heavy atom. The number of para-hydroxylation sites is 1. The van der Waals surface area contributed by atoms with Gasteiger partial charge in [0.1, 0.15) is 5.75 Å². The van der Waals surface area contributed by atoms with E-state index >= 15 is 0 Å². The maximum absolute atomic E-state index is 13.6. The second-order valence-corrected chi connectivity index (χ2v) is 8.70. The number of carbonyl (C=O) groups is 1. The first kappa shape index (κ1) is 22.1. The molecule has 0 aromatic heterocycles. The third-order valence-corrected chi connectivity index (χ3v) is 6.34. The highest BCUT2D eigenvalue weighted by molar-refractivity contribution is 6.06. The quantitative estimate of drug-likeness (QED) is 0.511. The molecule has 3 aromatic carbocycles. The van der Waals surface area contributed by atoms with Gasteiger partial charge in [0.05, 0.1) is 7.11 Å². The van der Waals surface area contributed by atoms with Gasteiger partial charge >= 0.3 is 0 Å². The summed E-state index contributed by atoms with van der Waals surface area (Å²) in [6, 6.07) is 24.6. The number of benzene rings is 3. The van der Waals surface area contributed by atoms with Crippen LogP contribution < -0.4 is 9.64 Å². The Labute approximate surface area is 191 Å². The van der Waals surface area contributed by atoms with Crippen LogP contribution in [-0.2, 0) is 6.54 Å². The van der Waals surface area contributed by atoms with Gasteiger partial charge in [-0.25, -0.2) is 0 Å². The standard InChI is InChI=1S/C28H32N2O2/c1-21-8-12-23(13-9-21)28(31)30(25-14-10-22(2)11-15-25)26-16-18-29(19-17-26)20-24-6-4-5-7-27(24)32-3/h4-15,26H,16-20H2,1-3H3. The highest BCUT2D eigenvalue weighted by Crippen LogP contribution is 2.28. The highest BCUT2D eigenvalue weighted by atomic mass is 16.5. The van der Waals surface area contributed by atoms with Gasteiger partial charge in [-0.3, -0.25) is 9.69 Å². The summed E-state index contributed by atoms with van der Waals surface area (Å²) in [6.07, 6.45) is 1.89. The van der Waals surface area contributed by atoms with Gasteiger partial charge in [0, 0.05) is 42.5 Å². The van der Waals surface area contributed by atoms with Crippen LogP contribution in [0.4, 0.5) is 5.69 Å². The minimum atomic E-state index is 0.0806. The zero-order chi connectivity index (χ0) is 22.5. The van der Waals surface area contributed by atoms with Crippen molar-refractivity contribution >= 4 is 11.6 Å². The van der Waals surface area contributed by atoms with E-state index in [0.717, 1.165) is 55.0 Å². The van der Waals surface area contributed by atoms with Crippen molar-refractivity contribution in [2.75, 3.05) is 25.1 Å². The number of aryl methyl sites for hydroxylation is 2. The van der Waals surface area contributed by atoms with Crippen LogP contribution in [0.3, 0.4) is 0 Å². The Balaban J connectivity index is 1.51. The van der Waals surface area contributed by atoms with Crippen LogP contribution in [0, 0.1) is 13.8 Å². The molecule has 0 atom stereocenters. The van der Waals surface area contributed by atoms with Gasteiger partial charge in [-0.15, -0.1) is 0 Å². The van der Waals surface area contributed by atoms with Crippen molar-refractivity contribution in [3.63, 3.8) is 0 Å². The first-order valence-electron chi connectivity index (χ1n) is 11.4. The molecule has 3 aromatic rings. The molecule has 0 bridgehead atoms. The number of likely N-dealkylation sites (tertiary alicyclic amines) is 1. The van der Waals surface area contributed by atoms with Crippen molar-refractivity contribution < 1.29 is 9.53 Å². The smallest absolute Gasteiger partial charge is 0.258 e. The van der Waals surface area contributed by atoms with Crippen LogP contribution in [0.2, 0.25) is 0 Å². The molecule has 0 spiro atoms. The van der Waals surface area contributed by atoms with Gasteiger partial charge in [0.15, 0.2) is 0 Å². The van der Waals surface area contributed by atoms with Crippen LogP contribution in [0.25, 0.3) is 0 Å². The molecule has 1 aliphatic rings. The average Bonchev–Trinajstić information content (AvgIpc) is 2.82. The second kappa shape index (κ2) is 10.0. The van der Waals surface area contributed by atoms with Crippen LogP contribution in [0.1, 0.15) is 39.9 Å². The number of carbonyl (C=O) groups excluding carboxylic acids is 1. The van der Waals surface area contributed by atoms with E-state index in [-0.39, 0.29) is 11.9 Å². The van der Waals surface area contributed by atoms with Crippen LogP contribution in [0.15, 0.2) is 72.8 Å². The topological polar surface area (TPSA) is 32.8 Å². The normalized spacial score (nSPS) is 14.8. The van der Waals surface area contributed by atoms with Crippen molar-refractivity contribution in [2.45, 2.75) is 39.3 Å². The monoisotopic (exact) mass is 428 g/mol. The molecular weight excluding hydrogens is 396 g/mol. The zero-order valence-corrected chi connectivity index (χ0v) is 19.3. The van der Waals surface area contributed by atoms with Crippen LogP contribution in [-0.4, -0.2) is 37.0 Å². The maximum atomic E-state index is 13.6. The summed E-state index contributed by atoms with van der Waals surface area (Å²) < 4.78 is 5.52. The number of rotatable bonds is 6. The number of methoxy groups -OCH3 is 1. The van der Waals surface area contributed by atoms with Gasteiger partial charge in [0.2, 0.25) is 0 Å². The van der Waals surface area contributed by atoms with E-state index in [0.29, 0.717) is 0 Å². The number of hydrogen-bond acceptors (Lipinski definition) is 3. The molecule has 166 valence electrons. The number of hydrogen-bond donors (Lipinski definition) is 0. The third kappa shape index (κ3) is 5.03. The van der Waals surface area contributed by atoms with Crippen molar-refractivity contribution in [3.8, 4) is 5.75 Å². The van der Waals surface area contributed by atoms with Crippen LogP contribution in [0.5, 0.6) is 5.75 Å². The fourth-order valence-corrected chi connectivity index (χ4v) is 4.44. The number of nitrogens with zero attached hydrogens (tertiary/aromatic N) is 2. The molecule has 0 N–H and O–H groups in total. The van der Waals surface area contributed by atoms with Crippen molar-refractivity contribution in [3.05, 3.63) is 95.1 Å². The average molecular weight is 429 g/mol. The first-order chi connectivity index (χ1) is 15.5. The van der Waals surface area contributed by atoms with E-state index < -0.39 is 0 Å². The molecule has 1 heterocycles. The van der Waals surface area contributed by atoms with Crippen molar-refractivity contribution in [2.24, 2.45) is 0 Å². The molecule has 0 aliphatic carbocycles. The molecule has 0 radical (unpaired) electrons. The summed E-state index contributed by atoms with van der Waals surface area (Å²) in [5.41, 5.74) is 5.28. The summed E-state index contributed by atoms with van der Waals surface area (Å²) in [7, 11) is 1.72. The SMILES string of the molecule is COc1ccccc1CN1CCC(N(C(=O)c2ccc(C)cc2)c2ccc(C)cc2)CC1. The largest absolute Gasteiger partial charge is 0.496 e. The zero-order valence-electron chi connectivity index (χ0n) is 19.3. The highest BCUT2D eigenvalue weighted by Gasteiger charge is 2.30. The fraction of sp³-hybridized carbons (Fsp3) is 0.321. The Morgan fingerprint density at radius 2 is 1.50 bits per heavy atom.